The average molecular weight is 249 g/mol. The lowest BCUT2D eigenvalue weighted by Gasteiger charge is -2.31. The zero-order valence-corrected chi connectivity index (χ0v) is 9.91. The number of nitrogens with zero attached hydrogens (tertiary/aromatic N) is 1. The molecule has 0 unspecified atom stereocenters. The van der Waals surface area contributed by atoms with Crippen molar-refractivity contribution in [1.29, 1.82) is 0 Å². The first-order valence-corrected chi connectivity index (χ1v) is 5.95. The third-order valence-electron chi connectivity index (χ3n) is 2.97. The van der Waals surface area contributed by atoms with E-state index in [2.05, 4.69) is 0 Å². The van der Waals surface area contributed by atoms with Gasteiger partial charge in [-0.25, -0.2) is 9.59 Å². The lowest BCUT2D eigenvalue weighted by molar-refractivity contribution is -0.143. The largest absolute Gasteiger partial charge is 0.480 e. The van der Waals surface area contributed by atoms with Gasteiger partial charge in [-0.15, -0.1) is 0 Å². The van der Waals surface area contributed by atoms with Gasteiger partial charge in [0.25, 0.3) is 0 Å². The van der Waals surface area contributed by atoms with Crippen molar-refractivity contribution < 1.29 is 19.4 Å². The monoisotopic (exact) mass is 249 g/mol. The van der Waals surface area contributed by atoms with Gasteiger partial charge < -0.3 is 9.84 Å². The molecule has 1 heterocycles. The summed E-state index contributed by atoms with van der Waals surface area (Å²) in [7, 11) is 0. The third kappa shape index (κ3) is 2.80. The van der Waals surface area contributed by atoms with Gasteiger partial charge in [0.15, 0.2) is 0 Å². The smallest absolute Gasteiger partial charge is 0.415 e. The molecule has 1 fully saturated rings. The van der Waals surface area contributed by atoms with E-state index < -0.39 is 18.1 Å². The van der Waals surface area contributed by atoms with Crippen molar-refractivity contribution in [1.82, 2.24) is 4.90 Å². The predicted molar refractivity (Wildman–Crippen MR) is 64.4 cm³/mol. The van der Waals surface area contributed by atoms with E-state index in [-0.39, 0.29) is 0 Å². The third-order valence-corrected chi connectivity index (χ3v) is 2.97. The number of rotatable bonds is 2. The molecule has 1 saturated heterocycles. The highest BCUT2D eigenvalue weighted by molar-refractivity contribution is 5.81. The van der Waals surface area contributed by atoms with Gasteiger partial charge in [0, 0.05) is 6.54 Å². The molecule has 0 aromatic heterocycles. The summed E-state index contributed by atoms with van der Waals surface area (Å²) in [6, 6.07) is 7.89. The molecule has 0 saturated carbocycles. The Bertz CT molecular complexity index is 432. The van der Waals surface area contributed by atoms with Crippen LogP contribution in [0.5, 0.6) is 5.75 Å². The second-order valence-corrected chi connectivity index (χ2v) is 4.22. The van der Waals surface area contributed by atoms with Crippen LogP contribution in [0.2, 0.25) is 0 Å². The summed E-state index contributed by atoms with van der Waals surface area (Å²) in [5.74, 6) is -0.545. The van der Waals surface area contributed by atoms with Crippen LogP contribution < -0.4 is 4.74 Å². The molecule has 1 aliphatic heterocycles. The number of carboxylic acid groups (broad SMARTS) is 1. The molecule has 1 atom stereocenters. The van der Waals surface area contributed by atoms with Crippen LogP contribution in [0, 0.1) is 0 Å². The Kier molecular flexibility index (Phi) is 3.82. The fraction of sp³-hybridized carbons (Fsp3) is 0.385. The van der Waals surface area contributed by atoms with Gasteiger partial charge in [-0.2, -0.15) is 0 Å². The summed E-state index contributed by atoms with van der Waals surface area (Å²) in [5, 5.41) is 9.07. The molecule has 1 aliphatic rings. The molecule has 0 spiro atoms. The van der Waals surface area contributed by atoms with Crippen molar-refractivity contribution in [3.05, 3.63) is 30.3 Å². The molecule has 1 aromatic rings. The molecule has 96 valence electrons. The van der Waals surface area contributed by atoms with Gasteiger partial charge in [0.05, 0.1) is 0 Å². The molecule has 1 aromatic carbocycles. The number of hydrogen-bond donors (Lipinski definition) is 1. The summed E-state index contributed by atoms with van der Waals surface area (Å²) in [4.78, 5) is 24.3. The van der Waals surface area contributed by atoms with E-state index in [9.17, 15) is 9.59 Å². The maximum absolute atomic E-state index is 11.9. The van der Waals surface area contributed by atoms with Gasteiger partial charge in [-0.1, -0.05) is 18.2 Å². The number of likely N-dealkylation sites (tertiary alicyclic amines) is 1. The van der Waals surface area contributed by atoms with Crippen molar-refractivity contribution in [2.24, 2.45) is 0 Å². The van der Waals surface area contributed by atoms with Gasteiger partial charge in [0.1, 0.15) is 11.8 Å². The Hall–Kier alpha value is -2.04. The van der Waals surface area contributed by atoms with E-state index in [0.717, 1.165) is 12.8 Å². The van der Waals surface area contributed by atoms with Crippen molar-refractivity contribution >= 4 is 12.1 Å². The molecule has 18 heavy (non-hydrogen) atoms. The highest BCUT2D eigenvalue weighted by Gasteiger charge is 2.33. The SMILES string of the molecule is O=C(O)[C@@H]1CCCCN1C(=O)Oc1ccccc1. The predicted octanol–water partition coefficient (Wildman–Crippen LogP) is 2.12. The molecule has 0 aliphatic carbocycles. The fourth-order valence-electron chi connectivity index (χ4n) is 2.05. The van der Waals surface area contributed by atoms with E-state index in [1.807, 2.05) is 6.07 Å². The highest BCUT2D eigenvalue weighted by atomic mass is 16.6. The number of aliphatic carboxylic acids is 1. The molecular formula is C13H15NO4. The minimum absolute atomic E-state index is 0.428. The van der Waals surface area contributed by atoms with Crippen LogP contribution in [0.15, 0.2) is 30.3 Å². The highest BCUT2D eigenvalue weighted by Crippen LogP contribution is 2.19. The average Bonchev–Trinajstić information content (AvgIpc) is 2.40. The first kappa shape index (κ1) is 12.4. The minimum Gasteiger partial charge on any atom is -0.480 e. The number of carbonyl (C=O) groups is 2. The number of carboxylic acids is 1. The minimum atomic E-state index is -0.972. The topological polar surface area (TPSA) is 66.8 Å². The molecule has 1 amide bonds. The summed E-state index contributed by atoms with van der Waals surface area (Å²) in [6.45, 7) is 0.433. The zero-order chi connectivity index (χ0) is 13.0. The van der Waals surface area contributed by atoms with Crippen LogP contribution in [0.4, 0.5) is 4.79 Å². The quantitative estimate of drug-likeness (QED) is 0.871. The number of carbonyl (C=O) groups excluding carboxylic acids is 1. The number of hydrogen-bond acceptors (Lipinski definition) is 3. The first-order chi connectivity index (χ1) is 8.68. The molecule has 2 rings (SSSR count). The van der Waals surface area contributed by atoms with E-state index in [1.165, 1.54) is 4.90 Å². The van der Waals surface area contributed by atoms with Crippen molar-refractivity contribution in [3.63, 3.8) is 0 Å². The van der Waals surface area contributed by atoms with Gasteiger partial charge >= 0.3 is 12.1 Å². The Morgan fingerprint density at radius 2 is 1.94 bits per heavy atom. The Morgan fingerprint density at radius 1 is 1.22 bits per heavy atom. The van der Waals surface area contributed by atoms with Crippen LogP contribution in [0.1, 0.15) is 19.3 Å². The van der Waals surface area contributed by atoms with Crippen molar-refractivity contribution in [2.45, 2.75) is 25.3 Å². The lowest BCUT2D eigenvalue weighted by atomic mass is 10.0. The number of amides is 1. The summed E-state index contributed by atoms with van der Waals surface area (Å²) < 4.78 is 5.16. The summed E-state index contributed by atoms with van der Waals surface area (Å²) in [6.07, 6.45) is 1.53. The van der Waals surface area contributed by atoms with Gasteiger partial charge in [-0.05, 0) is 31.4 Å². The maximum atomic E-state index is 11.9. The fourth-order valence-corrected chi connectivity index (χ4v) is 2.05. The van der Waals surface area contributed by atoms with E-state index in [1.54, 1.807) is 24.3 Å². The number of piperidine rings is 1. The maximum Gasteiger partial charge on any atom is 0.415 e. The molecule has 1 N–H and O–H groups in total. The second-order valence-electron chi connectivity index (χ2n) is 4.22. The van der Waals surface area contributed by atoms with E-state index in [4.69, 9.17) is 9.84 Å². The number of ether oxygens (including phenoxy) is 1. The van der Waals surface area contributed by atoms with Crippen LogP contribution in [-0.4, -0.2) is 34.7 Å². The summed E-state index contributed by atoms with van der Waals surface area (Å²) in [5.41, 5.74) is 0. The van der Waals surface area contributed by atoms with Gasteiger partial charge in [0.2, 0.25) is 0 Å². The van der Waals surface area contributed by atoms with Crippen molar-refractivity contribution in [3.8, 4) is 5.75 Å². The molecule has 5 nitrogen and oxygen atoms in total. The molecule has 0 radical (unpaired) electrons. The second kappa shape index (κ2) is 5.53. The standard InChI is InChI=1S/C13H15NO4/c15-12(16)11-8-4-5-9-14(11)13(17)18-10-6-2-1-3-7-10/h1-3,6-7,11H,4-5,8-9H2,(H,15,16)/t11-/m0/s1. The Morgan fingerprint density at radius 3 is 2.61 bits per heavy atom. The van der Waals surface area contributed by atoms with Crippen LogP contribution in [-0.2, 0) is 4.79 Å². The van der Waals surface area contributed by atoms with Crippen LogP contribution >= 0.6 is 0 Å². The number of para-hydroxylation sites is 1. The van der Waals surface area contributed by atoms with Crippen molar-refractivity contribution in [2.75, 3.05) is 6.54 Å². The van der Waals surface area contributed by atoms with E-state index in [0.29, 0.717) is 18.7 Å². The van der Waals surface area contributed by atoms with Gasteiger partial charge in [-0.3, -0.25) is 4.90 Å². The molecular weight excluding hydrogens is 234 g/mol. The molecule has 5 heteroatoms. The molecule has 0 bridgehead atoms. The Balaban J connectivity index is 2.05. The van der Waals surface area contributed by atoms with Crippen LogP contribution in [0.25, 0.3) is 0 Å². The zero-order valence-electron chi connectivity index (χ0n) is 9.91. The first-order valence-electron chi connectivity index (χ1n) is 5.95. The summed E-state index contributed by atoms with van der Waals surface area (Å²) >= 11 is 0. The Labute approximate surface area is 105 Å². The lowest BCUT2D eigenvalue weighted by Crippen LogP contribution is -2.49. The number of benzene rings is 1. The van der Waals surface area contributed by atoms with Crippen LogP contribution in [0.3, 0.4) is 0 Å². The van der Waals surface area contributed by atoms with E-state index >= 15 is 0 Å². The normalized spacial score (nSPS) is 19.3.